The van der Waals surface area contributed by atoms with Crippen LogP contribution in [0.3, 0.4) is 0 Å². The Hall–Kier alpha value is -1.88. The van der Waals surface area contributed by atoms with Crippen LogP contribution in [0, 0.1) is 0 Å². The van der Waals surface area contributed by atoms with Gasteiger partial charge in [0, 0.05) is 5.56 Å². The van der Waals surface area contributed by atoms with Crippen molar-refractivity contribution in [2.24, 2.45) is 5.10 Å². The third kappa shape index (κ3) is 2.87. The Balaban J connectivity index is 2.60. The van der Waals surface area contributed by atoms with Crippen LogP contribution in [0.2, 0.25) is 0 Å². The number of aliphatic hydroxyl groups excluding tert-OH is 1. The SMILES string of the molecule is O=C(CO)NN=Cc1ccccc1O. The molecule has 1 aromatic carbocycles. The van der Waals surface area contributed by atoms with Gasteiger partial charge in [0.15, 0.2) is 0 Å². The molecular weight excluding hydrogens is 184 g/mol. The highest BCUT2D eigenvalue weighted by atomic mass is 16.3. The summed E-state index contributed by atoms with van der Waals surface area (Å²) in [7, 11) is 0. The highest BCUT2D eigenvalue weighted by molar-refractivity contribution is 5.85. The molecule has 1 aromatic rings. The summed E-state index contributed by atoms with van der Waals surface area (Å²) in [6, 6.07) is 6.56. The van der Waals surface area contributed by atoms with Crippen molar-refractivity contribution in [2.75, 3.05) is 6.61 Å². The predicted molar refractivity (Wildman–Crippen MR) is 50.9 cm³/mol. The van der Waals surface area contributed by atoms with Crippen LogP contribution in [0.15, 0.2) is 29.4 Å². The molecule has 74 valence electrons. The lowest BCUT2D eigenvalue weighted by molar-refractivity contribution is -0.123. The van der Waals surface area contributed by atoms with Gasteiger partial charge in [0.2, 0.25) is 0 Å². The predicted octanol–water partition coefficient (Wildman–Crippen LogP) is -0.165. The molecule has 0 heterocycles. The monoisotopic (exact) mass is 194 g/mol. The maximum absolute atomic E-state index is 10.5. The first-order valence-corrected chi connectivity index (χ1v) is 3.95. The Morgan fingerprint density at radius 1 is 1.50 bits per heavy atom. The molecule has 1 amide bonds. The maximum atomic E-state index is 10.5. The van der Waals surface area contributed by atoms with E-state index in [0.717, 1.165) is 0 Å². The lowest BCUT2D eigenvalue weighted by atomic mass is 10.2. The molecule has 14 heavy (non-hydrogen) atoms. The van der Waals surface area contributed by atoms with Gasteiger partial charge in [-0.05, 0) is 12.1 Å². The molecule has 5 nitrogen and oxygen atoms in total. The van der Waals surface area contributed by atoms with Crippen molar-refractivity contribution in [3.63, 3.8) is 0 Å². The van der Waals surface area contributed by atoms with Crippen LogP contribution < -0.4 is 5.43 Å². The molecule has 0 aliphatic rings. The summed E-state index contributed by atoms with van der Waals surface area (Å²) in [4.78, 5) is 10.5. The van der Waals surface area contributed by atoms with E-state index in [9.17, 15) is 9.90 Å². The molecule has 1 rings (SSSR count). The van der Waals surface area contributed by atoms with Gasteiger partial charge >= 0.3 is 0 Å². The summed E-state index contributed by atoms with van der Waals surface area (Å²) >= 11 is 0. The van der Waals surface area contributed by atoms with Gasteiger partial charge in [-0.15, -0.1) is 0 Å². The van der Waals surface area contributed by atoms with Crippen molar-refractivity contribution >= 4 is 12.1 Å². The zero-order chi connectivity index (χ0) is 10.4. The number of aliphatic hydroxyl groups is 1. The Kier molecular flexibility index (Phi) is 3.63. The van der Waals surface area contributed by atoms with E-state index in [1.54, 1.807) is 18.2 Å². The zero-order valence-corrected chi connectivity index (χ0v) is 7.34. The smallest absolute Gasteiger partial charge is 0.265 e. The van der Waals surface area contributed by atoms with Crippen LogP contribution in [0.4, 0.5) is 0 Å². The van der Waals surface area contributed by atoms with Crippen LogP contribution in [0.1, 0.15) is 5.56 Å². The van der Waals surface area contributed by atoms with Crippen molar-refractivity contribution in [1.29, 1.82) is 0 Å². The molecular formula is C9H10N2O3. The van der Waals surface area contributed by atoms with Crippen molar-refractivity contribution in [3.05, 3.63) is 29.8 Å². The second-order valence-corrected chi connectivity index (χ2v) is 2.51. The summed E-state index contributed by atoms with van der Waals surface area (Å²) in [6.07, 6.45) is 1.29. The van der Waals surface area contributed by atoms with E-state index in [-0.39, 0.29) is 5.75 Å². The maximum Gasteiger partial charge on any atom is 0.265 e. The minimum atomic E-state index is -0.613. The normalized spacial score (nSPS) is 10.4. The molecule has 0 saturated heterocycles. The number of carbonyl (C=O) groups excluding carboxylic acids is 1. The molecule has 0 unspecified atom stereocenters. The van der Waals surface area contributed by atoms with Gasteiger partial charge < -0.3 is 10.2 Å². The van der Waals surface area contributed by atoms with Gasteiger partial charge in [-0.25, -0.2) is 5.43 Å². The number of nitrogens with one attached hydrogen (secondary N) is 1. The van der Waals surface area contributed by atoms with Gasteiger partial charge in [0.25, 0.3) is 5.91 Å². The molecule has 3 N–H and O–H groups in total. The fraction of sp³-hybridized carbons (Fsp3) is 0.111. The first-order valence-electron chi connectivity index (χ1n) is 3.95. The molecule has 0 aromatic heterocycles. The molecule has 0 aliphatic carbocycles. The lowest BCUT2D eigenvalue weighted by Crippen LogP contribution is -2.20. The summed E-state index contributed by atoms with van der Waals surface area (Å²) in [6.45, 7) is -0.613. The minimum absolute atomic E-state index is 0.0782. The van der Waals surface area contributed by atoms with Crippen molar-refractivity contribution < 1.29 is 15.0 Å². The topological polar surface area (TPSA) is 81.9 Å². The number of hydrogen-bond donors (Lipinski definition) is 3. The van der Waals surface area contributed by atoms with E-state index < -0.39 is 12.5 Å². The third-order valence-corrected chi connectivity index (χ3v) is 1.47. The highest BCUT2D eigenvalue weighted by Crippen LogP contribution is 2.12. The van der Waals surface area contributed by atoms with Gasteiger partial charge in [-0.3, -0.25) is 4.79 Å². The summed E-state index contributed by atoms with van der Waals surface area (Å²) < 4.78 is 0. The minimum Gasteiger partial charge on any atom is -0.507 e. The van der Waals surface area contributed by atoms with E-state index in [1.807, 2.05) is 0 Å². The van der Waals surface area contributed by atoms with Crippen LogP contribution in [-0.4, -0.2) is 28.9 Å². The first kappa shape index (κ1) is 10.2. The number of carbonyl (C=O) groups is 1. The van der Waals surface area contributed by atoms with Crippen molar-refractivity contribution in [1.82, 2.24) is 5.43 Å². The second-order valence-electron chi connectivity index (χ2n) is 2.51. The van der Waals surface area contributed by atoms with E-state index >= 15 is 0 Å². The van der Waals surface area contributed by atoms with E-state index in [2.05, 4.69) is 10.5 Å². The number of rotatable bonds is 3. The molecule has 0 atom stereocenters. The molecule has 0 aliphatic heterocycles. The Bertz CT molecular complexity index is 350. The Morgan fingerprint density at radius 3 is 2.86 bits per heavy atom. The van der Waals surface area contributed by atoms with Crippen LogP contribution >= 0.6 is 0 Å². The van der Waals surface area contributed by atoms with Crippen LogP contribution in [0.5, 0.6) is 5.75 Å². The van der Waals surface area contributed by atoms with E-state index in [1.165, 1.54) is 12.3 Å². The number of hydrogen-bond acceptors (Lipinski definition) is 4. The lowest BCUT2D eigenvalue weighted by Gasteiger charge is -1.97. The molecule has 5 heteroatoms. The summed E-state index contributed by atoms with van der Waals surface area (Å²) in [5.74, 6) is -0.522. The van der Waals surface area contributed by atoms with Crippen LogP contribution in [-0.2, 0) is 4.79 Å². The Morgan fingerprint density at radius 2 is 2.21 bits per heavy atom. The fourth-order valence-corrected chi connectivity index (χ4v) is 0.806. The van der Waals surface area contributed by atoms with Crippen molar-refractivity contribution in [3.8, 4) is 5.75 Å². The third-order valence-electron chi connectivity index (χ3n) is 1.47. The number of benzene rings is 1. The number of phenols is 1. The number of phenolic OH excluding ortho intramolecular Hbond substituents is 1. The Labute approximate surface area is 80.7 Å². The first-order chi connectivity index (χ1) is 6.74. The number of amides is 1. The highest BCUT2D eigenvalue weighted by Gasteiger charge is 1.96. The average Bonchev–Trinajstić information content (AvgIpc) is 2.20. The fourth-order valence-electron chi connectivity index (χ4n) is 0.806. The standard InChI is InChI=1S/C9H10N2O3/c12-6-9(14)11-10-5-7-3-1-2-4-8(7)13/h1-5,12-13H,6H2,(H,11,14). The van der Waals surface area contributed by atoms with Crippen molar-refractivity contribution in [2.45, 2.75) is 0 Å². The molecule has 0 bridgehead atoms. The van der Waals surface area contributed by atoms with Gasteiger partial charge in [-0.1, -0.05) is 12.1 Å². The zero-order valence-electron chi connectivity index (χ0n) is 7.34. The molecule has 0 radical (unpaired) electrons. The van der Waals surface area contributed by atoms with E-state index in [4.69, 9.17) is 5.11 Å². The van der Waals surface area contributed by atoms with Gasteiger partial charge in [-0.2, -0.15) is 5.10 Å². The second kappa shape index (κ2) is 4.98. The average molecular weight is 194 g/mol. The molecule has 0 saturated carbocycles. The number of aromatic hydroxyl groups is 1. The van der Waals surface area contributed by atoms with Gasteiger partial charge in [0.1, 0.15) is 12.4 Å². The van der Waals surface area contributed by atoms with Gasteiger partial charge in [0.05, 0.1) is 6.21 Å². The number of nitrogens with zero attached hydrogens (tertiary/aromatic N) is 1. The molecule has 0 spiro atoms. The van der Waals surface area contributed by atoms with E-state index in [0.29, 0.717) is 5.56 Å². The quantitative estimate of drug-likeness (QED) is 0.461. The molecule has 0 fully saturated rings. The summed E-state index contributed by atoms with van der Waals surface area (Å²) in [5, 5.41) is 21.2. The van der Waals surface area contributed by atoms with Crippen LogP contribution in [0.25, 0.3) is 0 Å². The largest absolute Gasteiger partial charge is 0.507 e. The number of para-hydroxylation sites is 1. The number of hydrazone groups is 1. The summed E-state index contributed by atoms with van der Waals surface area (Å²) in [5.41, 5.74) is 2.57.